The van der Waals surface area contributed by atoms with E-state index in [1.54, 1.807) is 33.9 Å². The first kappa shape index (κ1) is 9.45. The van der Waals surface area contributed by atoms with Crippen LogP contribution in [-0.4, -0.2) is 30.4 Å². The first-order chi connectivity index (χ1) is 7.16. The minimum absolute atomic E-state index is 0.275. The van der Waals surface area contributed by atoms with E-state index < -0.39 is 5.97 Å². The summed E-state index contributed by atoms with van der Waals surface area (Å²) in [4.78, 5) is 10.6. The van der Waals surface area contributed by atoms with Crippen LogP contribution in [0.15, 0.2) is 24.8 Å². The van der Waals surface area contributed by atoms with Gasteiger partial charge in [-0.1, -0.05) is 0 Å². The molecule has 0 amide bonds. The van der Waals surface area contributed by atoms with Crippen LogP contribution in [0.3, 0.4) is 0 Å². The third kappa shape index (κ3) is 1.88. The Morgan fingerprint density at radius 3 is 2.93 bits per heavy atom. The molecule has 0 bridgehead atoms. The van der Waals surface area contributed by atoms with Crippen molar-refractivity contribution in [2.24, 2.45) is 7.05 Å². The summed E-state index contributed by atoms with van der Waals surface area (Å²) in [6, 6.07) is 1.55. The molecule has 2 rings (SSSR count). The van der Waals surface area contributed by atoms with Gasteiger partial charge in [-0.3, -0.25) is 0 Å². The quantitative estimate of drug-likeness (QED) is 0.787. The smallest absolute Gasteiger partial charge is 0.337 e. The second-order valence-electron chi connectivity index (χ2n) is 3.24. The van der Waals surface area contributed by atoms with E-state index in [0.29, 0.717) is 6.54 Å². The monoisotopic (exact) mass is 206 g/mol. The van der Waals surface area contributed by atoms with E-state index in [2.05, 4.69) is 10.2 Å². The topological polar surface area (TPSA) is 72.9 Å². The van der Waals surface area contributed by atoms with Crippen molar-refractivity contribution in [3.63, 3.8) is 0 Å². The Morgan fingerprint density at radius 1 is 1.60 bits per heavy atom. The molecule has 0 saturated carbocycles. The molecule has 0 aliphatic carbocycles. The lowest BCUT2D eigenvalue weighted by Gasteiger charge is -2.00. The fourth-order valence-electron chi connectivity index (χ4n) is 1.28. The number of aryl methyl sites for hydroxylation is 1. The van der Waals surface area contributed by atoms with Crippen molar-refractivity contribution in [1.29, 1.82) is 0 Å². The fourth-order valence-corrected chi connectivity index (χ4v) is 1.28. The van der Waals surface area contributed by atoms with Crippen LogP contribution in [0.25, 0.3) is 0 Å². The van der Waals surface area contributed by atoms with Gasteiger partial charge >= 0.3 is 5.97 Å². The van der Waals surface area contributed by atoms with Gasteiger partial charge in [0.05, 0.1) is 12.1 Å². The highest BCUT2D eigenvalue weighted by molar-refractivity contribution is 5.87. The maximum Gasteiger partial charge on any atom is 0.337 e. The van der Waals surface area contributed by atoms with Crippen molar-refractivity contribution in [1.82, 2.24) is 19.3 Å². The minimum atomic E-state index is -0.924. The molecule has 0 aliphatic heterocycles. The Kier molecular flexibility index (Phi) is 2.24. The number of aromatic nitrogens is 4. The molecule has 2 aromatic heterocycles. The van der Waals surface area contributed by atoms with Crippen LogP contribution >= 0.6 is 0 Å². The Morgan fingerprint density at radius 2 is 2.40 bits per heavy atom. The number of carboxylic acids is 1. The normalized spacial score (nSPS) is 10.5. The molecule has 0 atom stereocenters. The molecular formula is C9H10N4O2. The minimum Gasteiger partial charge on any atom is -0.478 e. The zero-order valence-electron chi connectivity index (χ0n) is 8.16. The highest BCUT2D eigenvalue weighted by atomic mass is 16.4. The Hall–Kier alpha value is -2.11. The number of rotatable bonds is 3. The molecule has 0 radical (unpaired) electrons. The molecule has 6 nitrogen and oxygen atoms in total. The van der Waals surface area contributed by atoms with Crippen molar-refractivity contribution < 1.29 is 9.90 Å². The molecule has 0 fully saturated rings. The van der Waals surface area contributed by atoms with Crippen molar-refractivity contribution >= 4 is 5.97 Å². The van der Waals surface area contributed by atoms with Crippen LogP contribution in [-0.2, 0) is 13.6 Å². The van der Waals surface area contributed by atoms with Crippen LogP contribution in [0.1, 0.15) is 16.2 Å². The summed E-state index contributed by atoms with van der Waals surface area (Å²) in [5.74, 6) is -0.144. The van der Waals surface area contributed by atoms with E-state index in [-0.39, 0.29) is 5.56 Å². The molecule has 0 aromatic carbocycles. The summed E-state index contributed by atoms with van der Waals surface area (Å²) < 4.78 is 3.55. The van der Waals surface area contributed by atoms with Gasteiger partial charge in [0.25, 0.3) is 0 Å². The number of hydrogen-bond acceptors (Lipinski definition) is 3. The van der Waals surface area contributed by atoms with Crippen molar-refractivity contribution in [2.45, 2.75) is 6.54 Å². The Balaban J connectivity index is 2.18. The van der Waals surface area contributed by atoms with Crippen molar-refractivity contribution in [3.8, 4) is 0 Å². The number of carboxylic acid groups (broad SMARTS) is 1. The molecule has 78 valence electrons. The third-order valence-electron chi connectivity index (χ3n) is 2.13. The summed E-state index contributed by atoms with van der Waals surface area (Å²) in [5, 5.41) is 16.4. The van der Waals surface area contributed by atoms with Crippen LogP contribution in [0.5, 0.6) is 0 Å². The second-order valence-corrected chi connectivity index (χ2v) is 3.24. The van der Waals surface area contributed by atoms with E-state index in [1.807, 2.05) is 7.05 Å². The average Bonchev–Trinajstić information content (AvgIpc) is 2.77. The van der Waals surface area contributed by atoms with Crippen LogP contribution in [0, 0.1) is 0 Å². The van der Waals surface area contributed by atoms with Crippen LogP contribution < -0.4 is 0 Å². The van der Waals surface area contributed by atoms with Gasteiger partial charge in [0.1, 0.15) is 6.33 Å². The summed E-state index contributed by atoms with van der Waals surface area (Å²) in [7, 11) is 1.84. The molecule has 0 saturated heterocycles. The summed E-state index contributed by atoms with van der Waals surface area (Å²) in [6.07, 6.45) is 4.88. The van der Waals surface area contributed by atoms with Crippen LogP contribution in [0.2, 0.25) is 0 Å². The van der Waals surface area contributed by atoms with E-state index in [9.17, 15) is 4.79 Å². The van der Waals surface area contributed by atoms with Gasteiger partial charge in [-0.15, -0.1) is 10.2 Å². The SMILES string of the molecule is Cn1cnnc1Cn1ccc(C(=O)O)c1. The zero-order valence-corrected chi connectivity index (χ0v) is 8.16. The number of carbonyl (C=O) groups is 1. The molecule has 1 N–H and O–H groups in total. The Bertz CT molecular complexity index is 486. The third-order valence-corrected chi connectivity index (χ3v) is 2.13. The first-order valence-corrected chi connectivity index (χ1v) is 4.39. The highest BCUT2D eigenvalue weighted by Crippen LogP contribution is 2.03. The summed E-state index contributed by atoms with van der Waals surface area (Å²) >= 11 is 0. The van der Waals surface area contributed by atoms with E-state index >= 15 is 0 Å². The van der Waals surface area contributed by atoms with Gasteiger partial charge in [-0.25, -0.2) is 4.79 Å². The lowest BCUT2D eigenvalue weighted by atomic mass is 10.4. The van der Waals surface area contributed by atoms with Crippen LogP contribution in [0.4, 0.5) is 0 Å². The number of nitrogens with zero attached hydrogens (tertiary/aromatic N) is 4. The molecule has 2 aromatic rings. The average molecular weight is 206 g/mol. The van der Waals surface area contributed by atoms with Gasteiger partial charge in [-0.2, -0.15) is 0 Å². The summed E-state index contributed by atoms with van der Waals surface area (Å²) in [5.41, 5.74) is 0.275. The predicted molar refractivity (Wildman–Crippen MR) is 51.5 cm³/mol. The van der Waals surface area contributed by atoms with E-state index in [4.69, 9.17) is 5.11 Å². The van der Waals surface area contributed by atoms with Gasteiger partial charge in [0, 0.05) is 19.4 Å². The molecule has 2 heterocycles. The predicted octanol–water partition coefficient (Wildman–Crippen LogP) is 0.363. The van der Waals surface area contributed by atoms with Crippen molar-refractivity contribution in [2.75, 3.05) is 0 Å². The maximum absolute atomic E-state index is 10.6. The fraction of sp³-hybridized carbons (Fsp3) is 0.222. The lowest BCUT2D eigenvalue weighted by Crippen LogP contribution is -2.04. The molecule has 6 heteroatoms. The summed E-state index contributed by atoms with van der Waals surface area (Å²) in [6.45, 7) is 0.518. The van der Waals surface area contributed by atoms with E-state index in [1.165, 1.54) is 0 Å². The number of aromatic carboxylic acids is 1. The standard InChI is InChI=1S/C9H10N4O2/c1-12-6-10-11-8(12)5-13-3-2-7(4-13)9(14)15/h2-4,6H,5H2,1H3,(H,14,15). The van der Waals surface area contributed by atoms with Gasteiger partial charge in [0.15, 0.2) is 5.82 Å². The molecule has 0 aliphatic rings. The second kappa shape index (κ2) is 3.56. The largest absolute Gasteiger partial charge is 0.478 e. The molecule has 0 spiro atoms. The Labute approximate surface area is 85.8 Å². The first-order valence-electron chi connectivity index (χ1n) is 4.39. The van der Waals surface area contributed by atoms with Gasteiger partial charge in [0.2, 0.25) is 0 Å². The molecular weight excluding hydrogens is 196 g/mol. The van der Waals surface area contributed by atoms with Gasteiger partial charge < -0.3 is 14.2 Å². The van der Waals surface area contributed by atoms with E-state index in [0.717, 1.165) is 5.82 Å². The molecule has 0 unspecified atom stereocenters. The van der Waals surface area contributed by atoms with Gasteiger partial charge in [-0.05, 0) is 6.07 Å². The highest BCUT2D eigenvalue weighted by Gasteiger charge is 2.06. The number of hydrogen-bond donors (Lipinski definition) is 1. The maximum atomic E-state index is 10.6. The lowest BCUT2D eigenvalue weighted by molar-refractivity contribution is 0.0697. The van der Waals surface area contributed by atoms with Crippen molar-refractivity contribution in [3.05, 3.63) is 36.2 Å². The zero-order chi connectivity index (χ0) is 10.8. The molecule has 15 heavy (non-hydrogen) atoms.